The fourth-order valence-electron chi connectivity index (χ4n) is 4.43. The molecule has 1 unspecified atom stereocenters. The van der Waals surface area contributed by atoms with Crippen LogP contribution in [0.5, 0.6) is 0 Å². The van der Waals surface area contributed by atoms with Gasteiger partial charge in [0.15, 0.2) is 0 Å². The van der Waals surface area contributed by atoms with Crippen molar-refractivity contribution in [2.24, 2.45) is 11.7 Å². The molecule has 4 amide bonds. The third-order valence-corrected chi connectivity index (χ3v) is 7.69. The van der Waals surface area contributed by atoms with E-state index < -0.39 is 64.1 Å². The Morgan fingerprint density at radius 1 is 0.909 bits per heavy atom. The zero-order valence-electron chi connectivity index (χ0n) is 26.1. The number of primary amides is 1. The van der Waals surface area contributed by atoms with Crippen molar-refractivity contribution in [1.29, 1.82) is 0 Å². The van der Waals surface area contributed by atoms with Crippen molar-refractivity contribution in [3.63, 3.8) is 0 Å². The van der Waals surface area contributed by atoms with Gasteiger partial charge in [-0.1, -0.05) is 74.5 Å². The van der Waals surface area contributed by atoms with Crippen molar-refractivity contribution in [2.45, 2.75) is 90.1 Å². The van der Waals surface area contributed by atoms with Gasteiger partial charge in [0.1, 0.15) is 6.04 Å². The second-order valence-corrected chi connectivity index (χ2v) is 13.9. The molecule has 0 bridgehead atoms. The molecule has 0 aromatic heterocycles. The van der Waals surface area contributed by atoms with Crippen molar-refractivity contribution in [3.05, 3.63) is 77.2 Å². The molecule has 2 rings (SSSR count). The lowest BCUT2D eigenvalue weighted by Gasteiger charge is -2.33. The smallest absolute Gasteiger partial charge is 0.315 e. The number of amides is 4. The monoisotopic (exact) mass is 629 g/mol. The molecule has 7 N–H and O–H groups in total. The van der Waals surface area contributed by atoms with Gasteiger partial charge in [-0.05, 0) is 63.2 Å². The van der Waals surface area contributed by atoms with Crippen molar-refractivity contribution in [3.8, 4) is 0 Å². The summed E-state index contributed by atoms with van der Waals surface area (Å²) in [6.45, 7) is 9.54. The molecule has 242 valence electrons. The molecule has 12 heteroatoms. The molecule has 4 atom stereocenters. The summed E-state index contributed by atoms with van der Waals surface area (Å²) in [6.07, 6.45) is 0.741. The second kappa shape index (κ2) is 16.9. The highest BCUT2D eigenvalue weighted by Crippen LogP contribution is 2.16. The first-order valence-corrected chi connectivity index (χ1v) is 16.2. The molecule has 0 radical (unpaired) electrons. The number of rotatable bonds is 16. The molecule has 2 aromatic carbocycles. The summed E-state index contributed by atoms with van der Waals surface area (Å²) in [4.78, 5) is 38.2. The van der Waals surface area contributed by atoms with Crippen LogP contribution < -0.4 is 26.4 Å². The molecule has 0 aliphatic heterocycles. The number of nitrogens with one attached hydrogen (secondary N) is 4. The molecule has 11 nitrogen and oxygen atoms in total. The Labute approximate surface area is 261 Å². The average molecular weight is 630 g/mol. The van der Waals surface area contributed by atoms with Gasteiger partial charge >= 0.3 is 6.03 Å². The third-order valence-electron chi connectivity index (χ3n) is 6.58. The molecule has 44 heavy (non-hydrogen) atoms. The van der Waals surface area contributed by atoms with E-state index >= 15 is 0 Å². The van der Waals surface area contributed by atoms with Gasteiger partial charge in [-0.15, -0.1) is 0 Å². The van der Waals surface area contributed by atoms with Crippen LogP contribution in [0.25, 0.3) is 6.08 Å². The number of nitrogens with two attached hydrogens (primary N) is 1. The number of hydrogen-bond acceptors (Lipinski definition) is 6. The Morgan fingerprint density at radius 3 is 2.05 bits per heavy atom. The molecular weight excluding hydrogens is 582 g/mol. The van der Waals surface area contributed by atoms with Crippen LogP contribution in [-0.2, 0) is 26.0 Å². The standard InChI is InChI=1S/C32H47N5O6S/c1-22(2)16-17-25(35-31(41)36-32(3,4)5)29(39)26(20-24-14-10-7-11-15-24)34-30(40)27(21-28(33)38)37-44(42,43)19-18-23-12-8-6-9-13-23/h6-15,18-19,22,25-27,29,37,39H,16-17,20-21H2,1-5H3,(H2,33,38)(H,34,40)(H2,35,36,41)/b19-18+/t25?,26-,27-,29-/m0/s1. The van der Waals surface area contributed by atoms with Crippen LogP contribution in [0.1, 0.15) is 65.0 Å². The van der Waals surface area contributed by atoms with Gasteiger partial charge in [-0.2, -0.15) is 4.72 Å². The van der Waals surface area contributed by atoms with Gasteiger partial charge in [0.25, 0.3) is 0 Å². The van der Waals surface area contributed by atoms with Gasteiger partial charge in [0.2, 0.25) is 21.8 Å². The highest BCUT2D eigenvalue weighted by Gasteiger charge is 2.34. The number of carbonyl (C=O) groups is 3. The van der Waals surface area contributed by atoms with E-state index in [9.17, 15) is 27.9 Å². The summed E-state index contributed by atoms with van der Waals surface area (Å²) in [6, 6.07) is 14.1. The van der Waals surface area contributed by atoms with E-state index in [0.717, 1.165) is 11.0 Å². The topological polar surface area (TPSA) is 180 Å². The zero-order chi connectivity index (χ0) is 32.9. The SMILES string of the molecule is CC(C)CCC(NC(=O)NC(C)(C)C)[C@H](O)[C@H](Cc1ccccc1)NC(=O)[C@H](CC(N)=O)NS(=O)(=O)/C=C/c1ccccc1. The van der Waals surface area contributed by atoms with Crippen molar-refractivity contribution in [1.82, 2.24) is 20.7 Å². The van der Waals surface area contributed by atoms with E-state index in [4.69, 9.17) is 5.73 Å². The van der Waals surface area contributed by atoms with Crippen LogP contribution in [0.3, 0.4) is 0 Å². The largest absolute Gasteiger partial charge is 0.389 e. The van der Waals surface area contributed by atoms with Gasteiger partial charge in [-0.3, -0.25) is 9.59 Å². The molecule has 0 aliphatic rings. The highest BCUT2D eigenvalue weighted by molar-refractivity contribution is 7.92. The second-order valence-electron chi connectivity index (χ2n) is 12.3. The predicted octanol–water partition coefficient (Wildman–Crippen LogP) is 2.81. The van der Waals surface area contributed by atoms with Gasteiger partial charge in [-0.25, -0.2) is 13.2 Å². The van der Waals surface area contributed by atoms with E-state index in [2.05, 4.69) is 20.7 Å². The van der Waals surface area contributed by atoms with Gasteiger partial charge < -0.3 is 26.8 Å². The maximum Gasteiger partial charge on any atom is 0.315 e. The Bertz CT molecular complexity index is 1340. The Kier molecular flexibility index (Phi) is 14.0. The Morgan fingerprint density at radius 2 is 1.50 bits per heavy atom. The van der Waals surface area contributed by atoms with Crippen LogP contribution in [0.4, 0.5) is 4.79 Å². The summed E-state index contributed by atoms with van der Waals surface area (Å²) in [5.74, 6) is -1.46. The van der Waals surface area contributed by atoms with Crippen LogP contribution in [0, 0.1) is 5.92 Å². The quantitative estimate of drug-likeness (QED) is 0.166. The van der Waals surface area contributed by atoms with E-state index in [-0.39, 0.29) is 12.3 Å². The number of carbonyl (C=O) groups excluding carboxylic acids is 3. The average Bonchev–Trinajstić information content (AvgIpc) is 2.93. The Hall–Kier alpha value is -3.74. The minimum absolute atomic E-state index is 0.165. The third kappa shape index (κ3) is 14.2. The van der Waals surface area contributed by atoms with E-state index in [1.54, 1.807) is 30.3 Å². The normalized spacial score (nSPS) is 14.9. The summed E-state index contributed by atoms with van der Waals surface area (Å²) in [5.41, 5.74) is 6.26. The van der Waals surface area contributed by atoms with E-state index in [0.29, 0.717) is 18.4 Å². The minimum atomic E-state index is -4.18. The van der Waals surface area contributed by atoms with Crippen LogP contribution in [-0.4, -0.2) is 61.1 Å². The zero-order valence-corrected chi connectivity index (χ0v) is 26.9. The summed E-state index contributed by atoms with van der Waals surface area (Å²) in [7, 11) is -4.18. The molecule has 0 saturated heterocycles. The molecule has 2 aromatic rings. The number of sulfonamides is 1. The van der Waals surface area contributed by atoms with Gasteiger partial charge in [0.05, 0.1) is 24.6 Å². The predicted molar refractivity (Wildman–Crippen MR) is 172 cm³/mol. The highest BCUT2D eigenvalue weighted by atomic mass is 32.2. The van der Waals surface area contributed by atoms with Crippen molar-refractivity contribution in [2.75, 3.05) is 0 Å². The first kappa shape index (κ1) is 36.5. The van der Waals surface area contributed by atoms with Crippen LogP contribution >= 0.6 is 0 Å². The molecule has 0 aliphatic carbocycles. The van der Waals surface area contributed by atoms with E-state index in [1.165, 1.54) is 6.08 Å². The Balaban J connectivity index is 2.36. The van der Waals surface area contributed by atoms with Crippen molar-refractivity contribution >= 4 is 33.9 Å². The van der Waals surface area contributed by atoms with Crippen LogP contribution in [0.2, 0.25) is 0 Å². The van der Waals surface area contributed by atoms with Gasteiger partial charge in [0, 0.05) is 10.9 Å². The fourth-order valence-corrected chi connectivity index (χ4v) is 5.44. The minimum Gasteiger partial charge on any atom is -0.389 e. The fraction of sp³-hybridized carbons (Fsp3) is 0.469. The first-order chi connectivity index (χ1) is 20.5. The van der Waals surface area contributed by atoms with Crippen molar-refractivity contribution < 1.29 is 27.9 Å². The molecular formula is C32H47N5O6S. The number of hydrogen-bond donors (Lipinski definition) is 6. The molecule has 0 fully saturated rings. The summed E-state index contributed by atoms with van der Waals surface area (Å²) in [5, 5.41) is 21.0. The lowest BCUT2D eigenvalue weighted by atomic mass is 9.91. The van der Waals surface area contributed by atoms with Crippen LogP contribution in [0.15, 0.2) is 66.1 Å². The number of benzene rings is 2. The molecule has 0 saturated carbocycles. The molecule has 0 heterocycles. The first-order valence-electron chi connectivity index (χ1n) is 14.7. The number of aliphatic hydroxyl groups is 1. The number of aliphatic hydroxyl groups excluding tert-OH is 1. The van der Waals surface area contributed by atoms with E-state index in [1.807, 2.05) is 65.0 Å². The number of urea groups is 1. The lowest BCUT2D eigenvalue weighted by Crippen LogP contribution is -2.60. The maximum absolute atomic E-state index is 13.6. The summed E-state index contributed by atoms with van der Waals surface area (Å²) < 4.78 is 28.0. The molecule has 0 spiro atoms. The summed E-state index contributed by atoms with van der Waals surface area (Å²) >= 11 is 0. The lowest BCUT2D eigenvalue weighted by molar-refractivity contribution is -0.128. The maximum atomic E-state index is 13.6.